The van der Waals surface area contributed by atoms with E-state index in [1.54, 1.807) is 0 Å². The molecule has 1 heterocycles. The lowest BCUT2D eigenvalue weighted by Crippen LogP contribution is -2.36. The molecule has 1 N–H and O–H groups in total. The van der Waals surface area contributed by atoms with Crippen molar-refractivity contribution in [3.63, 3.8) is 0 Å². The summed E-state index contributed by atoms with van der Waals surface area (Å²) in [5.41, 5.74) is 4.06. The molecular formula is C26H26Cl2O4. The summed E-state index contributed by atoms with van der Waals surface area (Å²) in [6.45, 7) is 3.09. The van der Waals surface area contributed by atoms with Crippen molar-refractivity contribution >= 4 is 23.2 Å². The molecule has 3 aromatic carbocycles. The van der Waals surface area contributed by atoms with Gasteiger partial charge in [-0.15, -0.1) is 0 Å². The molecule has 6 heteroatoms. The van der Waals surface area contributed by atoms with Crippen LogP contribution in [-0.4, -0.2) is 30.0 Å². The van der Waals surface area contributed by atoms with Gasteiger partial charge in [0.1, 0.15) is 24.4 Å². The van der Waals surface area contributed by atoms with Crippen molar-refractivity contribution in [2.75, 3.05) is 6.61 Å². The Morgan fingerprint density at radius 1 is 0.812 bits per heavy atom. The molecule has 0 aliphatic carbocycles. The van der Waals surface area contributed by atoms with E-state index < -0.39 is 24.4 Å². The largest absolute Gasteiger partial charge is 0.387 e. The van der Waals surface area contributed by atoms with Gasteiger partial charge in [0, 0.05) is 10.0 Å². The molecule has 0 unspecified atom stereocenters. The third-order valence-corrected chi connectivity index (χ3v) is 6.06. The fourth-order valence-corrected chi connectivity index (χ4v) is 4.01. The fraction of sp³-hybridized carbons (Fsp3) is 0.308. The average Bonchev–Trinajstić information content (AvgIpc) is 3.10. The maximum atomic E-state index is 11.1. The van der Waals surface area contributed by atoms with Crippen LogP contribution >= 0.6 is 23.2 Å². The van der Waals surface area contributed by atoms with E-state index in [9.17, 15) is 5.11 Å². The van der Waals surface area contributed by atoms with Crippen molar-refractivity contribution in [1.29, 1.82) is 0 Å². The highest BCUT2D eigenvalue weighted by molar-refractivity contribution is 6.30. The van der Waals surface area contributed by atoms with E-state index in [4.69, 9.17) is 37.4 Å². The van der Waals surface area contributed by atoms with Crippen LogP contribution in [0.25, 0.3) is 0 Å². The van der Waals surface area contributed by atoms with Crippen LogP contribution in [0.5, 0.6) is 0 Å². The number of hydrogen-bond acceptors (Lipinski definition) is 4. The molecule has 0 aromatic heterocycles. The van der Waals surface area contributed by atoms with Crippen molar-refractivity contribution in [3.05, 3.63) is 105 Å². The monoisotopic (exact) mass is 472 g/mol. The molecule has 0 spiro atoms. The van der Waals surface area contributed by atoms with Gasteiger partial charge in [0.2, 0.25) is 0 Å². The van der Waals surface area contributed by atoms with E-state index in [-0.39, 0.29) is 0 Å². The van der Waals surface area contributed by atoms with Gasteiger partial charge in [-0.2, -0.15) is 0 Å². The lowest BCUT2D eigenvalue weighted by atomic mass is 10.0. The Kier molecular flexibility index (Phi) is 7.84. The maximum Gasteiger partial charge on any atom is 0.115 e. The van der Waals surface area contributed by atoms with Gasteiger partial charge in [-0.3, -0.25) is 0 Å². The van der Waals surface area contributed by atoms with E-state index in [1.165, 1.54) is 0 Å². The summed E-state index contributed by atoms with van der Waals surface area (Å²) in [4.78, 5) is 0. The second kappa shape index (κ2) is 10.8. The Bertz CT molecular complexity index is 990. The van der Waals surface area contributed by atoms with Gasteiger partial charge in [-0.1, -0.05) is 77.3 Å². The minimum Gasteiger partial charge on any atom is -0.387 e. The molecule has 1 aliphatic rings. The van der Waals surface area contributed by atoms with Gasteiger partial charge in [0.05, 0.1) is 19.8 Å². The van der Waals surface area contributed by atoms with Crippen molar-refractivity contribution < 1.29 is 19.3 Å². The number of aliphatic hydroxyl groups is 1. The van der Waals surface area contributed by atoms with Crippen LogP contribution < -0.4 is 0 Å². The van der Waals surface area contributed by atoms with Crippen LogP contribution in [0.1, 0.15) is 28.4 Å². The number of halogens is 2. The number of benzene rings is 3. The zero-order valence-electron chi connectivity index (χ0n) is 17.8. The van der Waals surface area contributed by atoms with Crippen molar-refractivity contribution in [2.24, 2.45) is 0 Å². The molecule has 4 rings (SSSR count). The molecule has 32 heavy (non-hydrogen) atoms. The highest BCUT2D eigenvalue weighted by atomic mass is 35.5. The minimum absolute atomic E-state index is 0.299. The van der Waals surface area contributed by atoms with Crippen molar-refractivity contribution in [3.8, 4) is 0 Å². The van der Waals surface area contributed by atoms with Gasteiger partial charge >= 0.3 is 0 Å². The van der Waals surface area contributed by atoms with Gasteiger partial charge in [-0.05, 0) is 47.9 Å². The molecule has 0 saturated carbocycles. The highest BCUT2D eigenvalue weighted by Crippen LogP contribution is 2.36. The first-order valence-electron chi connectivity index (χ1n) is 10.6. The number of aliphatic hydroxyl groups excluding tert-OH is 1. The Balaban J connectivity index is 1.44. The number of ether oxygens (including phenoxy) is 3. The molecule has 168 valence electrons. The number of rotatable bonds is 8. The quantitative estimate of drug-likeness (QED) is 0.442. The van der Waals surface area contributed by atoms with Crippen LogP contribution in [-0.2, 0) is 27.4 Å². The summed E-state index contributed by atoms with van der Waals surface area (Å²) in [5, 5.41) is 12.4. The Hall–Kier alpha value is -1.92. The topological polar surface area (TPSA) is 47.9 Å². The molecule has 4 nitrogen and oxygen atoms in total. The fourth-order valence-electron chi connectivity index (χ4n) is 3.76. The third kappa shape index (κ3) is 5.90. The average molecular weight is 473 g/mol. The van der Waals surface area contributed by atoms with Crippen LogP contribution in [0.4, 0.5) is 0 Å². The predicted octanol–water partition coefficient (Wildman–Crippen LogP) is 5.90. The first-order chi connectivity index (χ1) is 15.5. The van der Waals surface area contributed by atoms with Gasteiger partial charge in [0.25, 0.3) is 0 Å². The first-order valence-corrected chi connectivity index (χ1v) is 11.3. The van der Waals surface area contributed by atoms with Gasteiger partial charge in [-0.25, -0.2) is 0 Å². The van der Waals surface area contributed by atoms with E-state index in [0.29, 0.717) is 29.9 Å². The minimum atomic E-state index is -0.811. The summed E-state index contributed by atoms with van der Waals surface area (Å²) in [7, 11) is 0. The van der Waals surface area contributed by atoms with Crippen LogP contribution in [0.2, 0.25) is 10.0 Å². The Morgan fingerprint density at radius 2 is 1.38 bits per heavy atom. The molecule has 0 radical (unpaired) electrons. The molecule has 0 amide bonds. The summed E-state index contributed by atoms with van der Waals surface area (Å²) in [6.07, 6.45) is -2.22. The molecular weight excluding hydrogens is 447 g/mol. The third-order valence-electron chi connectivity index (χ3n) is 5.56. The molecule has 4 atom stereocenters. The van der Waals surface area contributed by atoms with E-state index in [2.05, 4.69) is 0 Å². The first kappa shape index (κ1) is 23.2. The molecule has 1 saturated heterocycles. The summed E-state index contributed by atoms with van der Waals surface area (Å²) in [6, 6.07) is 23.0. The maximum absolute atomic E-state index is 11.1. The Morgan fingerprint density at radius 3 is 1.97 bits per heavy atom. The zero-order valence-corrected chi connectivity index (χ0v) is 19.3. The lowest BCUT2D eigenvalue weighted by molar-refractivity contribution is -0.0769. The Labute approximate surface area is 198 Å². The molecule has 1 fully saturated rings. The smallest absolute Gasteiger partial charge is 0.115 e. The van der Waals surface area contributed by atoms with Gasteiger partial charge in [0.15, 0.2) is 0 Å². The molecule has 0 bridgehead atoms. The van der Waals surface area contributed by atoms with Gasteiger partial charge < -0.3 is 19.3 Å². The lowest BCUT2D eigenvalue weighted by Gasteiger charge is -2.21. The van der Waals surface area contributed by atoms with Crippen molar-refractivity contribution in [1.82, 2.24) is 0 Å². The molecule has 3 aromatic rings. The molecule has 1 aliphatic heterocycles. The summed E-state index contributed by atoms with van der Waals surface area (Å²) in [5.74, 6) is 0. The second-order valence-corrected chi connectivity index (χ2v) is 8.91. The van der Waals surface area contributed by atoms with Crippen LogP contribution in [0.3, 0.4) is 0 Å². The predicted molar refractivity (Wildman–Crippen MR) is 126 cm³/mol. The SMILES string of the molecule is Cc1ccc([C@@H]2O[C@@H](COCc3ccc(Cl)cc3)[C@@H](OCc3ccc(Cl)cc3)[C@@H]2O)cc1. The highest BCUT2D eigenvalue weighted by Gasteiger charge is 2.45. The summed E-state index contributed by atoms with van der Waals surface area (Å²) >= 11 is 11.9. The van der Waals surface area contributed by atoms with E-state index in [1.807, 2.05) is 79.7 Å². The number of aryl methyl sites for hydroxylation is 1. The second-order valence-electron chi connectivity index (χ2n) is 8.04. The zero-order chi connectivity index (χ0) is 22.5. The standard InChI is InChI=1S/C26H26Cl2O4/c1-17-2-8-20(9-3-17)25-24(29)26(31-15-19-6-12-22(28)13-7-19)23(32-25)16-30-14-18-4-10-21(27)11-5-18/h2-13,23-26,29H,14-16H2,1H3/t23-,24+,25-,26+/m0/s1. The van der Waals surface area contributed by atoms with Crippen LogP contribution in [0.15, 0.2) is 72.8 Å². The number of hydrogen-bond donors (Lipinski definition) is 1. The normalized spacial score (nSPS) is 22.9. The van der Waals surface area contributed by atoms with E-state index >= 15 is 0 Å². The van der Waals surface area contributed by atoms with E-state index in [0.717, 1.165) is 22.3 Å². The van der Waals surface area contributed by atoms with Crippen LogP contribution in [0, 0.1) is 6.92 Å². The van der Waals surface area contributed by atoms with Crippen molar-refractivity contribution in [2.45, 2.75) is 44.6 Å². The summed E-state index contributed by atoms with van der Waals surface area (Å²) < 4.78 is 18.3.